The number of benzene rings is 3. The molecule has 1 N–H and O–H groups in total. The summed E-state index contributed by atoms with van der Waals surface area (Å²) in [7, 11) is 0. The zero-order valence-electron chi connectivity index (χ0n) is 17.9. The predicted octanol–water partition coefficient (Wildman–Crippen LogP) is 5.24. The third-order valence-corrected chi connectivity index (χ3v) is 6.27. The van der Waals surface area contributed by atoms with Crippen molar-refractivity contribution in [3.05, 3.63) is 94.8 Å². The number of aromatic nitrogens is 3. The van der Waals surface area contributed by atoms with Crippen molar-refractivity contribution in [2.24, 2.45) is 0 Å². The summed E-state index contributed by atoms with van der Waals surface area (Å²) in [4.78, 5) is 34.4. The van der Waals surface area contributed by atoms with Crippen LogP contribution in [-0.2, 0) is 0 Å². The largest absolute Gasteiger partial charge is 0.494 e. The summed E-state index contributed by atoms with van der Waals surface area (Å²) >= 11 is 1.26. The molecule has 0 aliphatic carbocycles. The van der Waals surface area contributed by atoms with E-state index in [-0.39, 0.29) is 17.1 Å². The number of Topliss-reactive ketones (excluding diaryl/α,β-unsaturated/α-hetero) is 1. The Balaban J connectivity index is 1.62. The normalized spacial score (nSPS) is 11.2. The molecule has 3 aromatic carbocycles. The Bertz CT molecular complexity index is 1510. The van der Waals surface area contributed by atoms with Crippen molar-refractivity contribution in [3.63, 3.8) is 0 Å². The molecular weight excluding hydrogens is 434 g/mol. The van der Waals surface area contributed by atoms with Crippen molar-refractivity contribution in [2.75, 3.05) is 12.4 Å². The summed E-state index contributed by atoms with van der Waals surface area (Å²) in [6.07, 6.45) is 0. The first kappa shape index (κ1) is 21.0. The number of rotatable bonds is 7. The lowest BCUT2D eigenvalue weighted by Gasteiger charge is -2.13. The van der Waals surface area contributed by atoms with Crippen molar-refractivity contribution in [2.45, 2.75) is 12.1 Å². The lowest BCUT2D eigenvalue weighted by Crippen LogP contribution is -2.22. The molecular formula is C26H21N3O3S. The number of carbonyl (C=O) groups is 1. The van der Waals surface area contributed by atoms with Crippen molar-refractivity contribution >= 4 is 39.5 Å². The molecule has 0 saturated heterocycles. The van der Waals surface area contributed by atoms with Gasteiger partial charge in [-0.15, -0.1) is 0 Å². The van der Waals surface area contributed by atoms with E-state index in [1.54, 1.807) is 16.7 Å². The summed E-state index contributed by atoms with van der Waals surface area (Å²) in [5.74, 6) is 0.871. The average molecular weight is 456 g/mol. The zero-order chi connectivity index (χ0) is 22.8. The Hall–Kier alpha value is -3.84. The summed E-state index contributed by atoms with van der Waals surface area (Å²) < 4.78 is 7.09. The molecule has 0 spiro atoms. The number of hydrogen-bond donors (Lipinski definition) is 1. The summed E-state index contributed by atoms with van der Waals surface area (Å²) in [5.41, 5.74) is 2.96. The number of aromatic amines is 1. The molecule has 0 aliphatic heterocycles. The molecule has 164 valence electrons. The molecule has 0 amide bonds. The second kappa shape index (κ2) is 8.96. The van der Waals surface area contributed by atoms with Crippen molar-refractivity contribution < 1.29 is 9.53 Å². The number of nitrogens with one attached hydrogen (secondary N) is 1. The minimum Gasteiger partial charge on any atom is -0.494 e. The number of ketones is 1. The van der Waals surface area contributed by atoms with Crippen LogP contribution in [0.5, 0.6) is 5.75 Å². The molecule has 5 aromatic rings. The number of nitrogens with zero attached hydrogens (tertiary/aromatic N) is 2. The van der Waals surface area contributed by atoms with Gasteiger partial charge >= 0.3 is 0 Å². The first-order chi connectivity index (χ1) is 16.2. The third kappa shape index (κ3) is 4.03. The van der Waals surface area contributed by atoms with Gasteiger partial charge in [0.25, 0.3) is 5.56 Å². The van der Waals surface area contributed by atoms with Crippen LogP contribution < -0.4 is 10.3 Å². The number of carbonyl (C=O) groups excluding carboxylic acids is 1. The molecule has 0 fully saturated rings. The highest BCUT2D eigenvalue weighted by Gasteiger charge is 2.18. The van der Waals surface area contributed by atoms with E-state index in [1.807, 2.05) is 73.7 Å². The highest BCUT2D eigenvalue weighted by molar-refractivity contribution is 7.99. The SMILES string of the molecule is CCOc1ccc(-n2c(SCC(=O)c3ccccc3)nc3c([nH]c4ccccc43)c2=O)cc1. The molecule has 0 atom stereocenters. The van der Waals surface area contributed by atoms with E-state index < -0.39 is 0 Å². The fraction of sp³-hybridized carbons (Fsp3) is 0.115. The van der Waals surface area contributed by atoms with E-state index in [4.69, 9.17) is 9.72 Å². The van der Waals surface area contributed by atoms with Crippen LogP contribution >= 0.6 is 11.8 Å². The van der Waals surface area contributed by atoms with Crippen molar-refractivity contribution in [3.8, 4) is 11.4 Å². The second-order valence-electron chi connectivity index (χ2n) is 7.43. The highest BCUT2D eigenvalue weighted by Crippen LogP contribution is 2.27. The van der Waals surface area contributed by atoms with Gasteiger partial charge in [0.05, 0.1) is 18.0 Å². The summed E-state index contributed by atoms with van der Waals surface area (Å²) in [6.45, 7) is 2.48. The Labute approximate surface area is 194 Å². The van der Waals surface area contributed by atoms with Gasteiger partial charge in [-0.3, -0.25) is 14.2 Å². The van der Waals surface area contributed by atoms with Crippen LogP contribution in [0.15, 0.2) is 88.8 Å². The summed E-state index contributed by atoms with van der Waals surface area (Å²) in [5, 5.41) is 1.34. The van der Waals surface area contributed by atoms with Gasteiger partial charge in [0.2, 0.25) is 0 Å². The maximum absolute atomic E-state index is 13.6. The maximum atomic E-state index is 13.6. The van der Waals surface area contributed by atoms with E-state index in [0.29, 0.717) is 34.0 Å². The van der Waals surface area contributed by atoms with Gasteiger partial charge in [0.1, 0.15) is 16.8 Å². The molecule has 0 aliphatic rings. The molecule has 2 aromatic heterocycles. The molecule has 0 saturated carbocycles. The smallest absolute Gasteiger partial charge is 0.283 e. The topological polar surface area (TPSA) is 77.0 Å². The molecule has 2 heterocycles. The van der Waals surface area contributed by atoms with Gasteiger partial charge in [-0.2, -0.15) is 0 Å². The molecule has 0 bridgehead atoms. The van der Waals surface area contributed by atoms with Crippen LogP contribution in [0.2, 0.25) is 0 Å². The quantitative estimate of drug-likeness (QED) is 0.206. The van der Waals surface area contributed by atoms with Gasteiger partial charge in [-0.25, -0.2) is 4.98 Å². The van der Waals surface area contributed by atoms with Crippen LogP contribution in [0, 0.1) is 0 Å². The van der Waals surface area contributed by atoms with E-state index in [2.05, 4.69) is 4.98 Å². The fourth-order valence-electron chi connectivity index (χ4n) is 3.76. The van der Waals surface area contributed by atoms with Crippen molar-refractivity contribution in [1.82, 2.24) is 14.5 Å². The molecule has 7 heteroatoms. The predicted molar refractivity (Wildman–Crippen MR) is 132 cm³/mol. The van der Waals surface area contributed by atoms with E-state index in [9.17, 15) is 9.59 Å². The van der Waals surface area contributed by atoms with Crippen LogP contribution in [0.1, 0.15) is 17.3 Å². The van der Waals surface area contributed by atoms with Gasteiger partial charge < -0.3 is 9.72 Å². The standard InChI is InChI=1S/C26H21N3O3S/c1-2-32-19-14-12-18(13-15-19)29-25(31)24-23(20-10-6-7-11-21(20)27-24)28-26(29)33-16-22(30)17-8-4-3-5-9-17/h3-15,27H,2,16H2,1H3. The third-order valence-electron chi connectivity index (χ3n) is 5.33. The molecule has 0 unspecified atom stereocenters. The number of fused-ring (bicyclic) bond motifs is 3. The van der Waals surface area contributed by atoms with Crippen LogP contribution in [-0.4, -0.2) is 32.7 Å². The molecule has 6 nitrogen and oxygen atoms in total. The number of para-hydroxylation sites is 1. The number of H-pyrrole nitrogens is 1. The van der Waals surface area contributed by atoms with Gasteiger partial charge in [0, 0.05) is 16.5 Å². The van der Waals surface area contributed by atoms with E-state index >= 15 is 0 Å². The van der Waals surface area contributed by atoms with Crippen LogP contribution in [0.4, 0.5) is 0 Å². The summed E-state index contributed by atoms with van der Waals surface area (Å²) in [6, 6.07) is 24.1. The molecule has 0 radical (unpaired) electrons. The van der Waals surface area contributed by atoms with E-state index in [0.717, 1.165) is 16.7 Å². The highest BCUT2D eigenvalue weighted by atomic mass is 32.2. The van der Waals surface area contributed by atoms with Crippen molar-refractivity contribution in [1.29, 1.82) is 0 Å². The number of ether oxygens (including phenoxy) is 1. The Morgan fingerprint density at radius 3 is 2.48 bits per heavy atom. The minimum atomic E-state index is -0.213. The van der Waals surface area contributed by atoms with Gasteiger partial charge in [0.15, 0.2) is 10.9 Å². The Morgan fingerprint density at radius 2 is 1.73 bits per heavy atom. The number of hydrogen-bond acceptors (Lipinski definition) is 5. The minimum absolute atomic E-state index is 0.0212. The first-order valence-electron chi connectivity index (χ1n) is 10.6. The van der Waals surface area contributed by atoms with Gasteiger partial charge in [-0.1, -0.05) is 60.3 Å². The fourth-order valence-corrected chi connectivity index (χ4v) is 4.66. The zero-order valence-corrected chi connectivity index (χ0v) is 18.8. The molecule has 33 heavy (non-hydrogen) atoms. The Morgan fingerprint density at radius 1 is 1.00 bits per heavy atom. The monoisotopic (exact) mass is 455 g/mol. The van der Waals surface area contributed by atoms with Crippen LogP contribution in [0.25, 0.3) is 27.6 Å². The maximum Gasteiger partial charge on any atom is 0.283 e. The van der Waals surface area contributed by atoms with Crippen LogP contribution in [0.3, 0.4) is 0 Å². The van der Waals surface area contributed by atoms with Gasteiger partial charge in [-0.05, 0) is 37.3 Å². The molecule has 5 rings (SSSR count). The lowest BCUT2D eigenvalue weighted by molar-refractivity contribution is 0.102. The van der Waals surface area contributed by atoms with E-state index in [1.165, 1.54) is 11.8 Å². The average Bonchev–Trinajstić information content (AvgIpc) is 3.23. The second-order valence-corrected chi connectivity index (χ2v) is 8.38. The number of thioether (sulfide) groups is 1. The first-order valence-corrected chi connectivity index (χ1v) is 11.6. The lowest BCUT2D eigenvalue weighted by atomic mass is 10.2. The Kier molecular flexibility index (Phi) is 5.71.